The summed E-state index contributed by atoms with van der Waals surface area (Å²) in [4.78, 5) is 38.2. The lowest BCUT2D eigenvalue weighted by Gasteiger charge is -2.16. The van der Waals surface area contributed by atoms with Crippen molar-refractivity contribution in [3.05, 3.63) is 63.6 Å². The highest BCUT2D eigenvalue weighted by atomic mass is 79.9. The number of halogens is 1. The van der Waals surface area contributed by atoms with Crippen LogP contribution in [0.5, 0.6) is 0 Å². The first kappa shape index (κ1) is 21.0. The van der Waals surface area contributed by atoms with Gasteiger partial charge in [0.05, 0.1) is 5.92 Å². The van der Waals surface area contributed by atoms with Gasteiger partial charge < -0.3 is 15.0 Å². The van der Waals surface area contributed by atoms with Crippen molar-refractivity contribution >= 4 is 39.4 Å². The molecule has 0 bridgehead atoms. The molecule has 29 heavy (non-hydrogen) atoms. The highest BCUT2D eigenvalue weighted by molar-refractivity contribution is 9.10. The van der Waals surface area contributed by atoms with Crippen LogP contribution in [0.1, 0.15) is 23.1 Å². The van der Waals surface area contributed by atoms with Crippen LogP contribution >= 0.6 is 15.9 Å². The second kappa shape index (κ2) is 9.22. The van der Waals surface area contributed by atoms with Crippen LogP contribution in [0.25, 0.3) is 0 Å². The molecule has 3 rings (SSSR count). The Balaban J connectivity index is 1.47. The molecular formula is C22H23BrN2O4. The molecule has 0 spiro atoms. The molecule has 0 saturated carbocycles. The minimum absolute atomic E-state index is 0.0812. The first-order valence-corrected chi connectivity index (χ1v) is 10.2. The summed E-state index contributed by atoms with van der Waals surface area (Å²) in [5, 5.41) is 2.70. The van der Waals surface area contributed by atoms with Gasteiger partial charge in [-0.1, -0.05) is 45.8 Å². The lowest BCUT2D eigenvalue weighted by Crippen LogP contribution is -2.28. The summed E-state index contributed by atoms with van der Waals surface area (Å²) in [6, 6.07) is 13.4. The Labute approximate surface area is 178 Å². The van der Waals surface area contributed by atoms with Crippen molar-refractivity contribution in [3.63, 3.8) is 0 Å². The molecule has 2 amide bonds. The quantitative estimate of drug-likeness (QED) is 0.670. The Bertz CT molecular complexity index is 927. The van der Waals surface area contributed by atoms with Gasteiger partial charge in [-0.25, -0.2) is 0 Å². The lowest BCUT2D eigenvalue weighted by molar-refractivity contribution is -0.151. The number of carbonyl (C=O) groups excluding carboxylic acids is 3. The van der Waals surface area contributed by atoms with Gasteiger partial charge in [0.2, 0.25) is 5.91 Å². The number of benzene rings is 2. The van der Waals surface area contributed by atoms with E-state index < -0.39 is 17.8 Å². The normalized spacial score (nSPS) is 16.0. The van der Waals surface area contributed by atoms with Crippen LogP contribution in [-0.4, -0.2) is 35.8 Å². The van der Waals surface area contributed by atoms with Crippen molar-refractivity contribution < 1.29 is 19.1 Å². The van der Waals surface area contributed by atoms with Crippen LogP contribution in [0.15, 0.2) is 46.9 Å². The molecule has 1 fully saturated rings. The van der Waals surface area contributed by atoms with E-state index >= 15 is 0 Å². The Kier molecular flexibility index (Phi) is 6.69. The largest absolute Gasteiger partial charge is 0.455 e. The number of hydrogen-bond donors (Lipinski definition) is 1. The summed E-state index contributed by atoms with van der Waals surface area (Å²) in [6.45, 7) is 4.31. The molecule has 1 saturated heterocycles. The van der Waals surface area contributed by atoms with Crippen LogP contribution in [0.3, 0.4) is 0 Å². The number of nitrogens with one attached hydrogen (secondary N) is 1. The molecule has 2 aromatic rings. The predicted octanol–water partition coefficient (Wildman–Crippen LogP) is 3.60. The summed E-state index contributed by atoms with van der Waals surface area (Å²) in [5.74, 6) is -1.56. The molecule has 0 unspecified atom stereocenters. The maximum absolute atomic E-state index is 12.3. The number of likely N-dealkylation sites (tertiary alicyclic amines) is 1. The van der Waals surface area contributed by atoms with E-state index in [2.05, 4.69) is 21.2 Å². The summed E-state index contributed by atoms with van der Waals surface area (Å²) in [5.41, 5.74) is 3.78. The molecule has 1 N–H and O–H groups in total. The Hall–Kier alpha value is -2.67. The van der Waals surface area contributed by atoms with Crippen LogP contribution in [0.2, 0.25) is 0 Å². The van der Waals surface area contributed by atoms with E-state index in [4.69, 9.17) is 4.74 Å². The van der Waals surface area contributed by atoms with Crippen molar-refractivity contribution in [2.24, 2.45) is 5.92 Å². The number of anilines is 1. The van der Waals surface area contributed by atoms with Crippen molar-refractivity contribution in [1.82, 2.24) is 4.90 Å². The third-order valence-corrected chi connectivity index (χ3v) is 5.72. The fraction of sp³-hybridized carbons (Fsp3) is 0.318. The number of esters is 1. The minimum Gasteiger partial charge on any atom is -0.455 e. The van der Waals surface area contributed by atoms with Crippen molar-refractivity contribution in [2.45, 2.75) is 26.8 Å². The average Bonchev–Trinajstić information content (AvgIpc) is 3.05. The van der Waals surface area contributed by atoms with Crippen molar-refractivity contribution in [3.8, 4) is 0 Å². The van der Waals surface area contributed by atoms with Gasteiger partial charge in [0.1, 0.15) is 0 Å². The van der Waals surface area contributed by atoms with Gasteiger partial charge in [-0.05, 0) is 43.2 Å². The van der Waals surface area contributed by atoms with Crippen molar-refractivity contribution in [2.75, 3.05) is 18.5 Å². The molecule has 0 aliphatic carbocycles. The maximum atomic E-state index is 12.3. The fourth-order valence-corrected chi connectivity index (χ4v) is 3.42. The summed E-state index contributed by atoms with van der Waals surface area (Å²) in [6.07, 6.45) is 0.109. The topological polar surface area (TPSA) is 75.7 Å². The van der Waals surface area contributed by atoms with Crippen molar-refractivity contribution in [1.29, 1.82) is 0 Å². The smallest absolute Gasteiger partial charge is 0.311 e. The Morgan fingerprint density at radius 1 is 1.17 bits per heavy atom. The van der Waals surface area contributed by atoms with E-state index in [0.717, 1.165) is 21.2 Å². The molecule has 1 atom stereocenters. The highest BCUT2D eigenvalue weighted by Crippen LogP contribution is 2.22. The fourth-order valence-electron chi connectivity index (χ4n) is 3.17. The van der Waals surface area contributed by atoms with Gasteiger partial charge in [0, 0.05) is 29.7 Å². The van der Waals surface area contributed by atoms with E-state index in [9.17, 15) is 14.4 Å². The molecular weight excluding hydrogens is 436 g/mol. The van der Waals surface area contributed by atoms with Gasteiger partial charge >= 0.3 is 5.97 Å². The monoisotopic (exact) mass is 458 g/mol. The van der Waals surface area contributed by atoms with E-state index in [1.54, 1.807) is 11.0 Å². The standard InChI is InChI=1S/C22H23BrN2O4/c1-14-3-5-16(6-4-14)11-25-12-17(10-21(25)27)22(28)29-13-20(26)24-18-7-8-19(23)15(2)9-18/h3-9,17H,10-13H2,1-2H3,(H,24,26)/t17-/m0/s1. The highest BCUT2D eigenvalue weighted by Gasteiger charge is 2.35. The number of carbonyl (C=O) groups is 3. The Morgan fingerprint density at radius 2 is 1.90 bits per heavy atom. The van der Waals surface area contributed by atoms with Crippen LogP contribution < -0.4 is 5.32 Å². The van der Waals surface area contributed by atoms with Gasteiger partial charge in [-0.15, -0.1) is 0 Å². The third-order valence-electron chi connectivity index (χ3n) is 4.83. The zero-order valence-corrected chi connectivity index (χ0v) is 18.0. The zero-order valence-electron chi connectivity index (χ0n) is 16.4. The van der Waals surface area contributed by atoms with E-state index in [0.29, 0.717) is 18.8 Å². The number of aryl methyl sites for hydroxylation is 2. The van der Waals surface area contributed by atoms with Gasteiger partial charge in [-0.3, -0.25) is 14.4 Å². The second-order valence-corrected chi connectivity index (χ2v) is 8.14. The molecule has 0 radical (unpaired) electrons. The van der Waals surface area contributed by atoms with E-state index in [1.165, 1.54) is 0 Å². The van der Waals surface area contributed by atoms with Crippen LogP contribution in [0, 0.1) is 19.8 Å². The maximum Gasteiger partial charge on any atom is 0.311 e. The zero-order chi connectivity index (χ0) is 21.0. The molecule has 0 aromatic heterocycles. The van der Waals surface area contributed by atoms with Gasteiger partial charge in [0.25, 0.3) is 5.91 Å². The summed E-state index contributed by atoms with van der Waals surface area (Å²) in [7, 11) is 0. The Morgan fingerprint density at radius 3 is 2.59 bits per heavy atom. The number of amides is 2. The van der Waals surface area contributed by atoms with E-state index in [-0.39, 0.29) is 18.9 Å². The molecule has 7 heteroatoms. The number of ether oxygens (including phenoxy) is 1. The van der Waals surface area contributed by atoms with E-state index in [1.807, 2.05) is 50.2 Å². The first-order valence-electron chi connectivity index (χ1n) is 9.38. The van der Waals surface area contributed by atoms with Crippen LogP contribution in [0.4, 0.5) is 5.69 Å². The number of hydrogen-bond acceptors (Lipinski definition) is 4. The molecule has 1 heterocycles. The summed E-state index contributed by atoms with van der Waals surface area (Å²) >= 11 is 3.40. The lowest BCUT2D eigenvalue weighted by atomic mass is 10.1. The third kappa shape index (κ3) is 5.67. The molecule has 1 aliphatic heterocycles. The minimum atomic E-state index is -0.546. The predicted molar refractivity (Wildman–Crippen MR) is 113 cm³/mol. The first-order chi connectivity index (χ1) is 13.8. The molecule has 1 aliphatic rings. The summed E-state index contributed by atoms with van der Waals surface area (Å²) < 4.78 is 6.08. The van der Waals surface area contributed by atoms with Gasteiger partial charge in [-0.2, -0.15) is 0 Å². The number of rotatable bonds is 6. The second-order valence-electron chi connectivity index (χ2n) is 7.28. The average molecular weight is 459 g/mol. The molecule has 2 aromatic carbocycles. The molecule has 6 nitrogen and oxygen atoms in total. The SMILES string of the molecule is Cc1ccc(CN2C[C@@H](C(=O)OCC(=O)Nc3ccc(Br)c(C)c3)CC2=O)cc1. The van der Waals surface area contributed by atoms with Crippen LogP contribution in [-0.2, 0) is 25.7 Å². The van der Waals surface area contributed by atoms with Gasteiger partial charge in [0.15, 0.2) is 6.61 Å². The molecule has 152 valence electrons. The number of nitrogens with zero attached hydrogens (tertiary/aromatic N) is 1.